The first-order chi connectivity index (χ1) is 15.2. The lowest BCUT2D eigenvalue weighted by Crippen LogP contribution is -2.25. The number of halogens is 3. The van der Waals surface area contributed by atoms with Gasteiger partial charge in [-0.1, -0.05) is 6.07 Å². The lowest BCUT2D eigenvalue weighted by atomic mass is 10.1. The van der Waals surface area contributed by atoms with E-state index in [2.05, 4.69) is 15.9 Å². The molecule has 0 bridgehead atoms. The van der Waals surface area contributed by atoms with Crippen molar-refractivity contribution in [3.8, 4) is 11.4 Å². The largest absolute Gasteiger partial charge is 0.487 e. The summed E-state index contributed by atoms with van der Waals surface area (Å²) in [7, 11) is 0. The molecule has 0 saturated heterocycles. The molecule has 7 nitrogen and oxygen atoms in total. The minimum Gasteiger partial charge on any atom is -0.487 e. The third kappa shape index (κ3) is 5.20. The van der Waals surface area contributed by atoms with Gasteiger partial charge in [-0.25, -0.2) is 8.78 Å². The quantitative estimate of drug-likeness (QED) is 0.493. The number of ether oxygens (including phenoxy) is 2. The highest BCUT2D eigenvalue weighted by Gasteiger charge is 2.18. The van der Waals surface area contributed by atoms with Crippen molar-refractivity contribution in [2.24, 2.45) is 5.73 Å². The molecule has 0 atom stereocenters. The van der Waals surface area contributed by atoms with Crippen LogP contribution in [0.2, 0.25) is 0 Å². The molecule has 3 rings (SSSR count). The first kappa shape index (κ1) is 23.1. The summed E-state index contributed by atoms with van der Waals surface area (Å²) in [4.78, 5) is 36.0. The monoisotopic (exact) mass is 506 g/mol. The number of carbonyl (C=O) groups excluding carboxylic acids is 2. The molecule has 0 spiro atoms. The normalized spacial score (nSPS) is 10.6. The Hall–Kier alpha value is -3.53. The molecule has 2 N–H and O–H groups in total. The van der Waals surface area contributed by atoms with E-state index in [0.29, 0.717) is 5.69 Å². The first-order valence-electron chi connectivity index (χ1n) is 9.22. The first-order valence-corrected chi connectivity index (χ1v) is 10.0. The van der Waals surface area contributed by atoms with Crippen molar-refractivity contribution in [2.45, 2.75) is 20.1 Å². The van der Waals surface area contributed by atoms with Crippen LogP contribution in [0.5, 0.6) is 5.75 Å². The summed E-state index contributed by atoms with van der Waals surface area (Å²) >= 11 is 3.18. The van der Waals surface area contributed by atoms with E-state index in [1.807, 2.05) is 0 Å². The van der Waals surface area contributed by atoms with Crippen molar-refractivity contribution in [1.82, 2.24) is 4.57 Å². The van der Waals surface area contributed by atoms with E-state index in [-0.39, 0.29) is 40.3 Å². The highest BCUT2D eigenvalue weighted by molar-refractivity contribution is 9.10. The fraction of sp³-hybridized carbons (Fsp3) is 0.136. The average molecular weight is 507 g/mol. The number of aromatic nitrogens is 1. The summed E-state index contributed by atoms with van der Waals surface area (Å²) < 4.78 is 38.9. The minimum atomic E-state index is -0.794. The third-order valence-electron chi connectivity index (χ3n) is 4.40. The highest BCUT2D eigenvalue weighted by Crippen LogP contribution is 2.26. The van der Waals surface area contributed by atoms with Crippen molar-refractivity contribution < 1.29 is 27.8 Å². The molecule has 0 aliphatic heterocycles. The second-order valence-electron chi connectivity index (χ2n) is 6.67. The Bertz CT molecular complexity index is 1260. The van der Waals surface area contributed by atoms with Gasteiger partial charge in [-0.05, 0) is 46.3 Å². The Labute approximate surface area is 189 Å². The van der Waals surface area contributed by atoms with Gasteiger partial charge < -0.3 is 15.2 Å². The summed E-state index contributed by atoms with van der Waals surface area (Å²) in [6.45, 7) is 0.655. The number of primary amides is 1. The maximum absolute atomic E-state index is 13.9. The van der Waals surface area contributed by atoms with Crippen molar-refractivity contribution >= 4 is 27.8 Å². The number of rotatable bonds is 7. The summed E-state index contributed by atoms with van der Waals surface area (Å²) in [6, 6.07) is 10.5. The van der Waals surface area contributed by atoms with Gasteiger partial charge in [0.2, 0.25) is 5.91 Å². The zero-order valence-electron chi connectivity index (χ0n) is 16.7. The summed E-state index contributed by atoms with van der Waals surface area (Å²) in [5.74, 6) is -2.71. The number of carbonyl (C=O) groups is 2. The van der Waals surface area contributed by atoms with E-state index in [1.54, 1.807) is 12.1 Å². The standard InChI is InChI=1S/C22H17BrF2N2O5/c1-12(28)31-11-17-9-19(32-10-14-5-6-15(24)8-18(14)25)20(23)22(30)27(17)16-4-2-3-13(7-16)21(26)29/h2-9H,10-11H2,1H3,(H2,26,29). The number of esters is 1. The molecule has 0 aliphatic rings. The molecular weight excluding hydrogens is 490 g/mol. The number of amides is 1. The molecule has 1 heterocycles. The molecular formula is C22H17BrF2N2O5. The number of nitrogens with two attached hydrogens (primary N) is 1. The molecule has 0 aliphatic carbocycles. The predicted molar refractivity (Wildman–Crippen MR) is 114 cm³/mol. The van der Waals surface area contributed by atoms with Gasteiger partial charge >= 0.3 is 5.97 Å². The fourth-order valence-electron chi connectivity index (χ4n) is 2.88. The van der Waals surface area contributed by atoms with Crippen molar-refractivity contribution in [3.63, 3.8) is 0 Å². The Morgan fingerprint density at radius 3 is 2.50 bits per heavy atom. The van der Waals surface area contributed by atoms with Crippen LogP contribution in [0.4, 0.5) is 8.78 Å². The SMILES string of the molecule is CC(=O)OCc1cc(OCc2ccc(F)cc2F)c(Br)c(=O)n1-c1cccc(C(N)=O)c1. The summed E-state index contributed by atoms with van der Waals surface area (Å²) in [5, 5.41) is 0. The highest BCUT2D eigenvalue weighted by atomic mass is 79.9. The van der Waals surface area contributed by atoms with Gasteiger partial charge in [0, 0.05) is 35.9 Å². The van der Waals surface area contributed by atoms with Gasteiger partial charge in [0.1, 0.15) is 35.1 Å². The molecule has 0 fully saturated rings. The molecule has 32 heavy (non-hydrogen) atoms. The van der Waals surface area contributed by atoms with E-state index in [4.69, 9.17) is 15.2 Å². The maximum Gasteiger partial charge on any atom is 0.303 e. The third-order valence-corrected chi connectivity index (χ3v) is 5.13. The molecule has 166 valence electrons. The van der Waals surface area contributed by atoms with Gasteiger partial charge in [-0.3, -0.25) is 19.0 Å². The number of nitrogens with zero attached hydrogens (tertiary/aromatic N) is 1. The van der Waals surface area contributed by atoms with Gasteiger partial charge in [0.25, 0.3) is 5.56 Å². The molecule has 0 saturated carbocycles. The fourth-order valence-corrected chi connectivity index (χ4v) is 3.28. The van der Waals surface area contributed by atoms with Gasteiger partial charge in [-0.2, -0.15) is 0 Å². The zero-order valence-corrected chi connectivity index (χ0v) is 18.3. The number of benzene rings is 2. The smallest absolute Gasteiger partial charge is 0.303 e. The van der Waals surface area contributed by atoms with Crippen LogP contribution in [0.1, 0.15) is 28.5 Å². The molecule has 0 radical (unpaired) electrons. The molecule has 1 amide bonds. The Kier molecular flexibility index (Phi) is 7.04. The van der Waals surface area contributed by atoms with Crippen molar-refractivity contribution in [3.05, 3.63) is 91.8 Å². The van der Waals surface area contributed by atoms with Crippen LogP contribution in [-0.4, -0.2) is 16.4 Å². The molecule has 2 aromatic carbocycles. The molecule has 1 aromatic heterocycles. The van der Waals surface area contributed by atoms with E-state index in [1.165, 1.54) is 35.8 Å². The van der Waals surface area contributed by atoms with Crippen molar-refractivity contribution in [2.75, 3.05) is 0 Å². The van der Waals surface area contributed by atoms with Gasteiger partial charge in [-0.15, -0.1) is 0 Å². The Balaban J connectivity index is 2.05. The molecule has 10 heteroatoms. The van der Waals surface area contributed by atoms with E-state index >= 15 is 0 Å². The predicted octanol–water partition coefficient (Wildman–Crippen LogP) is 3.62. The second-order valence-corrected chi connectivity index (χ2v) is 7.47. The molecule has 0 unspecified atom stereocenters. The van der Waals surface area contributed by atoms with Crippen LogP contribution in [0.15, 0.2) is 57.8 Å². The van der Waals surface area contributed by atoms with Crippen LogP contribution < -0.4 is 16.0 Å². The van der Waals surface area contributed by atoms with Crippen LogP contribution in [-0.2, 0) is 22.7 Å². The van der Waals surface area contributed by atoms with Crippen LogP contribution in [0, 0.1) is 11.6 Å². The minimum absolute atomic E-state index is 0.0103. The number of pyridine rings is 1. The number of hydrogen-bond donors (Lipinski definition) is 1. The second kappa shape index (κ2) is 9.73. The van der Waals surface area contributed by atoms with Crippen LogP contribution >= 0.6 is 15.9 Å². The molecule has 3 aromatic rings. The van der Waals surface area contributed by atoms with E-state index in [9.17, 15) is 23.2 Å². The topological polar surface area (TPSA) is 101 Å². The Morgan fingerprint density at radius 1 is 1.09 bits per heavy atom. The van der Waals surface area contributed by atoms with Crippen LogP contribution in [0.25, 0.3) is 5.69 Å². The summed E-state index contributed by atoms with van der Waals surface area (Å²) in [5.41, 5.74) is 5.54. The zero-order chi connectivity index (χ0) is 23.4. The van der Waals surface area contributed by atoms with Gasteiger partial charge in [0.05, 0.1) is 5.69 Å². The lowest BCUT2D eigenvalue weighted by Gasteiger charge is -2.17. The summed E-state index contributed by atoms with van der Waals surface area (Å²) in [6.07, 6.45) is 0. The average Bonchev–Trinajstić information content (AvgIpc) is 2.74. The van der Waals surface area contributed by atoms with Crippen LogP contribution in [0.3, 0.4) is 0 Å². The van der Waals surface area contributed by atoms with Crippen molar-refractivity contribution in [1.29, 1.82) is 0 Å². The lowest BCUT2D eigenvalue weighted by molar-refractivity contribution is -0.142. The Morgan fingerprint density at radius 2 is 1.84 bits per heavy atom. The number of hydrogen-bond acceptors (Lipinski definition) is 5. The van der Waals surface area contributed by atoms with E-state index < -0.39 is 29.1 Å². The maximum atomic E-state index is 13.9. The van der Waals surface area contributed by atoms with Gasteiger partial charge in [0.15, 0.2) is 0 Å². The van der Waals surface area contributed by atoms with E-state index in [0.717, 1.165) is 12.1 Å².